The third-order valence-electron chi connectivity index (χ3n) is 2.40. The zero-order valence-electron chi connectivity index (χ0n) is 10.7. The van der Waals surface area contributed by atoms with Gasteiger partial charge in [0.25, 0.3) is 0 Å². The summed E-state index contributed by atoms with van der Waals surface area (Å²) in [5.74, 6) is -0.929. The van der Waals surface area contributed by atoms with E-state index in [-0.39, 0.29) is 5.56 Å². The average Bonchev–Trinajstić information content (AvgIpc) is 2.35. The van der Waals surface area contributed by atoms with E-state index in [1.807, 2.05) is 13.0 Å². The summed E-state index contributed by atoms with van der Waals surface area (Å²) in [6, 6.07) is 5.30. The van der Waals surface area contributed by atoms with E-state index in [2.05, 4.69) is 5.32 Å². The lowest BCUT2D eigenvalue weighted by Crippen LogP contribution is -2.14. The fourth-order valence-corrected chi connectivity index (χ4v) is 1.49. The van der Waals surface area contributed by atoms with Crippen LogP contribution in [0.3, 0.4) is 0 Å². The molecule has 0 saturated heterocycles. The molecule has 1 rings (SSSR count). The van der Waals surface area contributed by atoms with E-state index in [1.54, 1.807) is 19.2 Å². The number of ether oxygens (including phenoxy) is 2. The van der Waals surface area contributed by atoms with Gasteiger partial charge in [0, 0.05) is 19.3 Å². The first-order valence-corrected chi connectivity index (χ1v) is 5.79. The number of nitrogens with one attached hydrogen (secondary N) is 1. The zero-order valence-corrected chi connectivity index (χ0v) is 10.7. The molecule has 0 aromatic heterocycles. The molecule has 1 aromatic rings. The quantitative estimate of drug-likeness (QED) is 0.691. The Labute approximate surface area is 107 Å². The number of carbonyl (C=O) groups is 1. The highest BCUT2D eigenvalue weighted by molar-refractivity contribution is 5.94. The van der Waals surface area contributed by atoms with Gasteiger partial charge in [-0.15, -0.1) is 0 Å². The van der Waals surface area contributed by atoms with E-state index in [1.165, 1.54) is 0 Å². The number of aryl methyl sites for hydroxylation is 1. The molecule has 5 nitrogen and oxygen atoms in total. The van der Waals surface area contributed by atoms with Gasteiger partial charge in [-0.25, -0.2) is 4.79 Å². The molecular weight excluding hydrogens is 234 g/mol. The summed E-state index contributed by atoms with van der Waals surface area (Å²) in [5, 5.41) is 12.1. The van der Waals surface area contributed by atoms with Crippen LogP contribution in [-0.4, -0.2) is 44.6 Å². The van der Waals surface area contributed by atoms with E-state index in [0.29, 0.717) is 32.1 Å². The Hall–Kier alpha value is -1.59. The van der Waals surface area contributed by atoms with Gasteiger partial charge < -0.3 is 19.9 Å². The third-order valence-corrected chi connectivity index (χ3v) is 2.40. The Bertz CT molecular complexity index is 393. The molecule has 0 unspecified atom stereocenters. The maximum atomic E-state index is 11.1. The summed E-state index contributed by atoms with van der Waals surface area (Å²) in [6.07, 6.45) is 0. The lowest BCUT2D eigenvalue weighted by molar-refractivity contribution is 0.0697. The van der Waals surface area contributed by atoms with Crippen LogP contribution in [0, 0.1) is 6.92 Å². The van der Waals surface area contributed by atoms with Crippen LogP contribution < -0.4 is 5.32 Å². The first-order valence-electron chi connectivity index (χ1n) is 5.79. The number of methoxy groups -OCH3 is 1. The minimum absolute atomic E-state index is 0.284. The fourth-order valence-electron chi connectivity index (χ4n) is 1.49. The van der Waals surface area contributed by atoms with Gasteiger partial charge in [0.2, 0.25) is 0 Å². The van der Waals surface area contributed by atoms with Crippen molar-refractivity contribution in [2.45, 2.75) is 6.92 Å². The summed E-state index contributed by atoms with van der Waals surface area (Å²) in [5.41, 5.74) is 1.82. The number of hydrogen-bond donors (Lipinski definition) is 2. The van der Waals surface area contributed by atoms with E-state index >= 15 is 0 Å². The first kappa shape index (κ1) is 14.5. The molecule has 1 aromatic carbocycles. The van der Waals surface area contributed by atoms with Gasteiger partial charge >= 0.3 is 5.97 Å². The monoisotopic (exact) mass is 253 g/mol. The largest absolute Gasteiger partial charge is 0.478 e. The Morgan fingerprint density at radius 2 is 2.11 bits per heavy atom. The second-order valence-corrected chi connectivity index (χ2v) is 3.89. The van der Waals surface area contributed by atoms with Crippen molar-refractivity contribution in [1.82, 2.24) is 0 Å². The molecule has 0 atom stereocenters. The molecule has 100 valence electrons. The second-order valence-electron chi connectivity index (χ2n) is 3.89. The molecule has 18 heavy (non-hydrogen) atoms. The smallest absolute Gasteiger partial charge is 0.337 e. The predicted octanol–water partition coefficient (Wildman–Crippen LogP) is 1.77. The van der Waals surface area contributed by atoms with Crippen LogP contribution in [0.2, 0.25) is 0 Å². The average molecular weight is 253 g/mol. The van der Waals surface area contributed by atoms with Crippen molar-refractivity contribution in [1.29, 1.82) is 0 Å². The van der Waals surface area contributed by atoms with Crippen LogP contribution in [0.15, 0.2) is 18.2 Å². The van der Waals surface area contributed by atoms with Crippen LogP contribution in [0.4, 0.5) is 5.69 Å². The van der Waals surface area contributed by atoms with Crippen LogP contribution in [0.1, 0.15) is 15.9 Å². The highest BCUT2D eigenvalue weighted by Gasteiger charge is 2.09. The summed E-state index contributed by atoms with van der Waals surface area (Å²) in [6.45, 7) is 4.04. The molecule has 0 aliphatic rings. The van der Waals surface area contributed by atoms with Crippen molar-refractivity contribution in [3.63, 3.8) is 0 Å². The molecule has 0 radical (unpaired) electrons. The van der Waals surface area contributed by atoms with Crippen molar-refractivity contribution < 1.29 is 19.4 Å². The lowest BCUT2D eigenvalue weighted by atomic mass is 10.1. The molecule has 2 N–H and O–H groups in total. The molecule has 0 aliphatic heterocycles. The normalized spacial score (nSPS) is 10.3. The Morgan fingerprint density at radius 3 is 2.78 bits per heavy atom. The van der Waals surface area contributed by atoms with Crippen LogP contribution >= 0.6 is 0 Å². The molecule has 0 amide bonds. The summed E-state index contributed by atoms with van der Waals surface area (Å²) in [4.78, 5) is 11.1. The molecule has 0 heterocycles. The fraction of sp³-hybridized carbons (Fsp3) is 0.462. The lowest BCUT2D eigenvalue weighted by Gasteiger charge is -2.10. The Morgan fingerprint density at radius 1 is 1.33 bits per heavy atom. The summed E-state index contributed by atoms with van der Waals surface area (Å²) in [7, 11) is 1.62. The highest BCUT2D eigenvalue weighted by atomic mass is 16.5. The molecule has 0 saturated carbocycles. The van der Waals surface area contributed by atoms with Gasteiger partial charge in [-0.05, 0) is 19.1 Å². The number of rotatable bonds is 8. The Balaban J connectivity index is 2.44. The molecule has 5 heteroatoms. The van der Waals surface area contributed by atoms with Gasteiger partial charge in [0.1, 0.15) is 0 Å². The number of carboxylic acids is 1. The zero-order chi connectivity index (χ0) is 13.4. The number of hydrogen-bond acceptors (Lipinski definition) is 4. The van der Waals surface area contributed by atoms with Gasteiger partial charge in [-0.3, -0.25) is 0 Å². The van der Waals surface area contributed by atoms with E-state index in [4.69, 9.17) is 14.6 Å². The van der Waals surface area contributed by atoms with E-state index in [0.717, 1.165) is 5.56 Å². The molecule has 0 aliphatic carbocycles. The summed E-state index contributed by atoms with van der Waals surface area (Å²) < 4.78 is 10.1. The number of benzene rings is 1. The van der Waals surface area contributed by atoms with Gasteiger partial charge in [0.15, 0.2) is 0 Å². The molecule has 0 spiro atoms. The van der Waals surface area contributed by atoms with E-state index in [9.17, 15) is 4.79 Å². The van der Waals surface area contributed by atoms with Crippen molar-refractivity contribution in [2.24, 2.45) is 0 Å². The standard InChI is InChI=1S/C13H19NO4/c1-10-3-4-12(11(9-10)13(15)16)14-5-6-18-8-7-17-2/h3-4,9,14H,5-8H2,1-2H3,(H,15,16). The van der Waals surface area contributed by atoms with Crippen molar-refractivity contribution >= 4 is 11.7 Å². The number of anilines is 1. The summed E-state index contributed by atoms with van der Waals surface area (Å²) >= 11 is 0. The van der Waals surface area contributed by atoms with E-state index < -0.39 is 5.97 Å². The van der Waals surface area contributed by atoms with Crippen molar-refractivity contribution in [3.05, 3.63) is 29.3 Å². The second kappa shape index (κ2) is 7.68. The predicted molar refractivity (Wildman–Crippen MR) is 69.3 cm³/mol. The number of carboxylic acid groups (broad SMARTS) is 1. The van der Waals surface area contributed by atoms with Gasteiger partial charge in [0.05, 0.1) is 25.4 Å². The number of aromatic carboxylic acids is 1. The minimum Gasteiger partial charge on any atom is -0.478 e. The van der Waals surface area contributed by atoms with Crippen LogP contribution in [0.5, 0.6) is 0 Å². The van der Waals surface area contributed by atoms with Gasteiger partial charge in [-0.1, -0.05) is 11.6 Å². The van der Waals surface area contributed by atoms with Gasteiger partial charge in [-0.2, -0.15) is 0 Å². The van der Waals surface area contributed by atoms with Crippen LogP contribution in [-0.2, 0) is 9.47 Å². The van der Waals surface area contributed by atoms with Crippen molar-refractivity contribution in [3.8, 4) is 0 Å². The van der Waals surface area contributed by atoms with Crippen molar-refractivity contribution in [2.75, 3.05) is 38.8 Å². The first-order chi connectivity index (χ1) is 8.65. The highest BCUT2D eigenvalue weighted by Crippen LogP contribution is 2.17. The molecule has 0 bridgehead atoms. The van der Waals surface area contributed by atoms with Crippen LogP contribution in [0.25, 0.3) is 0 Å². The Kier molecular flexibility index (Phi) is 6.18. The maximum Gasteiger partial charge on any atom is 0.337 e. The maximum absolute atomic E-state index is 11.1. The molecule has 0 fully saturated rings. The molecular formula is C13H19NO4. The SMILES string of the molecule is COCCOCCNc1ccc(C)cc1C(=O)O. The third kappa shape index (κ3) is 4.73. The topological polar surface area (TPSA) is 67.8 Å². The minimum atomic E-state index is -0.929.